The first-order valence-electron chi connectivity index (χ1n) is 10.9. The number of nitrogen functional groups attached to an aromatic ring is 1. The van der Waals surface area contributed by atoms with E-state index < -0.39 is 0 Å². The van der Waals surface area contributed by atoms with E-state index >= 15 is 4.39 Å². The summed E-state index contributed by atoms with van der Waals surface area (Å²) < 4.78 is 15.3. The van der Waals surface area contributed by atoms with Crippen LogP contribution >= 0.6 is 11.8 Å². The van der Waals surface area contributed by atoms with E-state index in [2.05, 4.69) is 51.3 Å². The highest BCUT2D eigenvalue weighted by Gasteiger charge is 2.20. The molecule has 3 rings (SSSR count). The molecule has 2 aromatic carbocycles. The van der Waals surface area contributed by atoms with E-state index in [1.165, 1.54) is 35.1 Å². The van der Waals surface area contributed by atoms with Crippen molar-refractivity contribution in [2.45, 2.75) is 77.9 Å². The smallest absolute Gasteiger partial charge is 0.130 e. The van der Waals surface area contributed by atoms with Crippen LogP contribution < -0.4 is 5.73 Å². The summed E-state index contributed by atoms with van der Waals surface area (Å²) in [5.41, 5.74) is 14.9. The average molecular weight is 412 g/mol. The fourth-order valence-electron chi connectivity index (χ4n) is 4.25. The molecule has 0 radical (unpaired) electrons. The number of rotatable bonds is 6. The molecule has 1 nitrogen and oxygen atoms in total. The van der Waals surface area contributed by atoms with E-state index in [4.69, 9.17) is 5.73 Å². The number of benzene rings is 2. The molecule has 1 atom stereocenters. The molecule has 3 heteroatoms. The molecule has 0 bridgehead atoms. The molecule has 0 heterocycles. The van der Waals surface area contributed by atoms with Gasteiger partial charge in [-0.3, -0.25) is 0 Å². The van der Waals surface area contributed by atoms with Crippen molar-refractivity contribution in [1.82, 2.24) is 0 Å². The van der Waals surface area contributed by atoms with E-state index in [1.54, 1.807) is 11.8 Å². The van der Waals surface area contributed by atoms with Gasteiger partial charge in [0.15, 0.2) is 0 Å². The third kappa shape index (κ3) is 5.25. The molecule has 0 saturated carbocycles. The summed E-state index contributed by atoms with van der Waals surface area (Å²) in [6.45, 7) is 8.49. The molecule has 0 saturated heterocycles. The zero-order chi connectivity index (χ0) is 21.0. The number of nitrogens with two attached hydrogens (primary N) is 1. The molecule has 0 spiro atoms. The van der Waals surface area contributed by atoms with Crippen molar-refractivity contribution in [3.05, 3.63) is 74.4 Å². The third-order valence-electron chi connectivity index (χ3n) is 6.09. The summed E-state index contributed by atoms with van der Waals surface area (Å²) >= 11 is 1.76. The second-order valence-electron chi connectivity index (χ2n) is 8.48. The van der Waals surface area contributed by atoms with Gasteiger partial charge in [0, 0.05) is 16.5 Å². The van der Waals surface area contributed by atoms with Crippen molar-refractivity contribution in [2.24, 2.45) is 0 Å². The van der Waals surface area contributed by atoms with Crippen molar-refractivity contribution in [1.29, 1.82) is 0 Å². The van der Waals surface area contributed by atoms with Crippen molar-refractivity contribution in [3.63, 3.8) is 0 Å². The van der Waals surface area contributed by atoms with Gasteiger partial charge in [0.2, 0.25) is 0 Å². The number of hydrogen-bond donors (Lipinski definition) is 1. The summed E-state index contributed by atoms with van der Waals surface area (Å²) in [5.74, 6) is 0.0554. The summed E-state index contributed by atoms with van der Waals surface area (Å²) in [5, 5.41) is 2.39. The first-order chi connectivity index (χ1) is 13.9. The lowest BCUT2D eigenvalue weighted by Crippen LogP contribution is -2.03. The lowest BCUT2D eigenvalue weighted by atomic mass is 9.97. The zero-order valence-electron chi connectivity index (χ0n) is 18.3. The number of fused-ring (bicyclic) bond motifs is 1. The number of hydrogen-bond acceptors (Lipinski definition) is 2. The molecule has 1 unspecified atom stereocenters. The van der Waals surface area contributed by atoms with Crippen LogP contribution in [0.25, 0.3) is 0 Å². The largest absolute Gasteiger partial charge is 0.399 e. The van der Waals surface area contributed by atoms with E-state index in [9.17, 15) is 0 Å². The standard InChI is InChI=1S/C26H34FNS/c1-5-25(23-12-11-20-9-7-6-8-10-22(20)26(23)27)29-16-17(2)13-21-14-19(4)24(28)15-18(21)3/h11-12,14-16,25H,5-10,13,28H2,1-4H3/b17-16+. The van der Waals surface area contributed by atoms with Crippen LogP contribution in [0, 0.1) is 19.7 Å². The van der Waals surface area contributed by atoms with Gasteiger partial charge in [-0.15, -0.1) is 11.8 Å². The van der Waals surface area contributed by atoms with Crippen LogP contribution in [0.4, 0.5) is 10.1 Å². The van der Waals surface area contributed by atoms with Crippen LogP contribution in [0.5, 0.6) is 0 Å². The quantitative estimate of drug-likeness (QED) is 0.391. The number of anilines is 1. The molecular weight excluding hydrogens is 377 g/mol. The first kappa shape index (κ1) is 22.0. The lowest BCUT2D eigenvalue weighted by molar-refractivity contribution is 0.584. The highest BCUT2D eigenvalue weighted by Crippen LogP contribution is 2.38. The van der Waals surface area contributed by atoms with E-state index in [-0.39, 0.29) is 11.1 Å². The number of allylic oxidation sites excluding steroid dienone is 1. The van der Waals surface area contributed by atoms with Crippen LogP contribution in [0.15, 0.2) is 35.2 Å². The zero-order valence-corrected chi connectivity index (χ0v) is 19.1. The minimum Gasteiger partial charge on any atom is -0.399 e. The molecule has 0 amide bonds. The van der Waals surface area contributed by atoms with Crippen molar-refractivity contribution < 1.29 is 4.39 Å². The molecule has 0 aromatic heterocycles. The molecule has 0 fully saturated rings. The molecule has 0 aliphatic heterocycles. The lowest BCUT2D eigenvalue weighted by Gasteiger charge is -2.18. The summed E-state index contributed by atoms with van der Waals surface area (Å²) in [6, 6.07) is 8.47. The van der Waals surface area contributed by atoms with Gasteiger partial charge in [0.1, 0.15) is 5.82 Å². The Bertz CT molecular complexity index is 900. The van der Waals surface area contributed by atoms with Crippen LogP contribution in [-0.2, 0) is 19.3 Å². The maximum absolute atomic E-state index is 15.3. The predicted molar refractivity (Wildman–Crippen MR) is 126 cm³/mol. The number of halogens is 1. The van der Waals surface area contributed by atoms with Gasteiger partial charge in [-0.1, -0.05) is 37.1 Å². The minimum atomic E-state index is 0.0554. The Balaban J connectivity index is 1.76. The molecule has 156 valence electrons. The van der Waals surface area contributed by atoms with Crippen molar-refractivity contribution in [3.8, 4) is 0 Å². The van der Waals surface area contributed by atoms with Crippen LogP contribution in [0.3, 0.4) is 0 Å². The first-order valence-corrected chi connectivity index (χ1v) is 11.8. The molecule has 1 aliphatic rings. The molecule has 2 N–H and O–H groups in total. The Kier molecular flexibility index (Phi) is 7.45. The summed E-state index contributed by atoms with van der Waals surface area (Å²) in [6.07, 6.45) is 7.24. The highest BCUT2D eigenvalue weighted by molar-refractivity contribution is 8.02. The Hall–Kier alpha value is -1.74. The van der Waals surface area contributed by atoms with Crippen LogP contribution in [0.1, 0.15) is 78.2 Å². The van der Waals surface area contributed by atoms with Crippen molar-refractivity contribution in [2.75, 3.05) is 5.73 Å². The average Bonchev–Trinajstić information content (AvgIpc) is 2.94. The summed E-state index contributed by atoms with van der Waals surface area (Å²) in [4.78, 5) is 0. The normalized spacial score (nSPS) is 15.7. The molecule has 1 aliphatic carbocycles. The van der Waals surface area contributed by atoms with E-state index in [0.29, 0.717) is 0 Å². The Morgan fingerprint density at radius 2 is 1.90 bits per heavy atom. The van der Waals surface area contributed by atoms with E-state index in [0.717, 1.165) is 54.5 Å². The Labute approximate surface area is 180 Å². The minimum absolute atomic E-state index is 0.0554. The number of thioether (sulfide) groups is 1. The van der Waals surface area contributed by atoms with Gasteiger partial charge >= 0.3 is 0 Å². The van der Waals surface area contributed by atoms with Crippen LogP contribution in [-0.4, -0.2) is 0 Å². The maximum atomic E-state index is 15.3. The maximum Gasteiger partial charge on any atom is 0.130 e. The Morgan fingerprint density at radius 1 is 1.14 bits per heavy atom. The predicted octanol–water partition coefficient (Wildman–Crippen LogP) is 7.62. The molecule has 2 aromatic rings. The van der Waals surface area contributed by atoms with E-state index in [1.807, 2.05) is 6.07 Å². The van der Waals surface area contributed by atoms with Gasteiger partial charge in [0.05, 0.1) is 0 Å². The van der Waals surface area contributed by atoms with Gasteiger partial charge in [-0.2, -0.15) is 0 Å². The van der Waals surface area contributed by atoms with Gasteiger partial charge in [-0.25, -0.2) is 4.39 Å². The fraction of sp³-hybridized carbons (Fsp3) is 0.462. The SMILES string of the molecule is CCC(S/C=C(\C)Cc1cc(C)c(N)cc1C)c1ccc2c(c1F)CCCCC2. The fourth-order valence-corrected chi connectivity index (χ4v) is 5.25. The highest BCUT2D eigenvalue weighted by atomic mass is 32.2. The Morgan fingerprint density at radius 3 is 2.66 bits per heavy atom. The second-order valence-corrected chi connectivity index (χ2v) is 9.55. The second kappa shape index (κ2) is 9.84. The van der Waals surface area contributed by atoms with Gasteiger partial charge < -0.3 is 5.73 Å². The van der Waals surface area contributed by atoms with Gasteiger partial charge in [-0.05, 0) is 98.6 Å². The number of aryl methyl sites for hydroxylation is 3. The van der Waals surface area contributed by atoms with Crippen LogP contribution in [0.2, 0.25) is 0 Å². The van der Waals surface area contributed by atoms with Gasteiger partial charge in [0.25, 0.3) is 0 Å². The third-order valence-corrected chi connectivity index (χ3v) is 7.54. The monoisotopic (exact) mass is 411 g/mol. The van der Waals surface area contributed by atoms with Crippen molar-refractivity contribution >= 4 is 17.4 Å². The summed E-state index contributed by atoms with van der Waals surface area (Å²) in [7, 11) is 0. The topological polar surface area (TPSA) is 26.0 Å². The molecular formula is C26H34FNS. The molecule has 29 heavy (non-hydrogen) atoms.